The van der Waals surface area contributed by atoms with Crippen molar-refractivity contribution in [3.05, 3.63) is 46.2 Å². The second kappa shape index (κ2) is 12.9. The van der Waals surface area contributed by atoms with Crippen LogP contribution in [0.1, 0.15) is 24.8 Å². The van der Waals surface area contributed by atoms with Crippen molar-refractivity contribution in [1.82, 2.24) is 20.2 Å². The summed E-state index contributed by atoms with van der Waals surface area (Å²) in [4.78, 5) is 43.1. The third-order valence-corrected chi connectivity index (χ3v) is 7.28. The van der Waals surface area contributed by atoms with Crippen LogP contribution in [0.15, 0.2) is 40.3 Å². The van der Waals surface area contributed by atoms with Gasteiger partial charge in [-0.2, -0.15) is 0 Å². The molecule has 3 aromatic rings. The van der Waals surface area contributed by atoms with Gasteiger partial charge in [-0.25, -0.2) is 4.98 Å². The number of benzene rings is 2. The van der Waals surface area contributed by atoms with Gasteiger partial charge in [-0.15, -0.1) is 0 Å². The lowest BCUT2D eigenvalue weighted by atomic mass is 10.2. The molecule has 5 rings (SSSR count). The molecule has 2 N–H and O–H groups in total. The van der Waals surface area contributed by atoms with Gasteiger partial charge in [-0.3, -0.25) is 19.0 Å². The molecule has 212 valence electrons. The number of thioether (sulfide) groups is 1. The number of nitrogens with zero attached hydrogens (tertiary/aromatic N) is 2. The predicted molar refractivity (Wildman–Crippen MR) is 146 cm³/mol. The minimum absolute atomic E-state index is 0.0755. The van der Waals surface area contributed by atoms with Crippen LogP contribution >= 0.6 is 11.8 Å². The van der Waals surface area contributed by atoms with Crippen LogP contribution in [0.5, 0.6) is 23.0 Å². The zero-order valence-corrected chi connectivity index (χ0v) is 22.8. The van der Waals surface area contributed by atoms with E-state index in [-0.39, 0.29) is 49.7 Å². The molecule has 0 bridgehead atoms. The van der Waals surface area contributed by atoms with E-state index in [9.17, 15) is 14.4 Å². The molecule has 0 spiro atoms. The highest BCUT2D eigenvalue weighted by atomic mass is 32.2. The summed E-state index contributed by atoms with van der Waals surface area (Å²) in [5, 5.41) is 6.50. The SMILES string of the molecule is COCCCNC(=O)CSc1nc2cc3c(cc2c(=O)n1CCCC(=O)NCc1ccc2c(c1)OCO2)OCO3. The van der Waals surface area contributed by atoms with Crippen LogP contribution in [-0.2, 0) is 27.4 Å². The maximum Gasteiger partial charge on any atom is 0.262 e. The number of hydrogen-bond acceptors (Lipinski definition) is 10. The Morgan fingerprint density at radius 1 is 0.975 bits per heavy atom. The number of fused-ring (bicyclic) bond motifs is 3. The van der Waals surface area contributed by atoms with E-state index in [1.165, 1.54) is 16.3 Å². The number of rotatable bonds is 13. The first-order chi connectivity index (χ1) is 19.5. The van der Waals surface area contributed by atoms with Gasteiger partial charge < -0.3 is 34.3 Å². The smallest absolute Gasteiger partial charge is 0.262 e. The fourth-order valence-corrected chi connectivity index (χ4v) is 5.12. The van der Waals surface area contributed by atoms with E-state index < -0.39 is 0 Å². The molecule has 0 saturated carbocycles. The summed E-state index contributed by atoms with van der Waals surface area (Å²) in [6.45, 7) is 1.92. The molecule has 0 unspecified atom stereocenters. The molecule has 2 aliphatic rings. The average molecular weight is 571 g/mol. The Balaban J connectivity index is 1.23. The van der Waals surface area contributed by atoms with Crippen molar-refractivity contribution in [2.45, 2.75) is 37.5 Å². The van der Waals surface area contributed by atoms with Crippen molar-refractivity contribution in [2.75, 3.05) is 39.6 Å². The minimum Gasteiger partial charge on any atom is -0.454 e. The van der Waals surface area contributed by atoms with Crippen LogP contribution in [-0.4, -0.2) is 61.0 Å². The van der Waals surface area contributed by atoms with E-state index in [4.69, 9.17) is 23.7 Å². The van der Waals surface area contributed by atoms with Crippen molar-refractivity contribution in [3.8, 4) is 23.0 Å². The first-order valence-corrected chi connectivity index (χ1v) is 13.9. The van der Waals surface area contributed by atoms with Crippen LogP contribution < -0.4 is 35.1 Å². The number of methoxy groups -OCH3 is 1. The summed E-state index contributed by atoms with van der Waals surface area (Å²) in [7, 11) is 1.61. The lowest BCUT2D eigenvalue weighted by molar-refractivity contribution is -0.121. The van der Waals surface area contributed by atoms with Gasteiger partial charge in [-0.1, -0.05) is 17.8 Å². The summed E-state index contributed by atoms with van der Waals surface area (Å²) in [6.07, 6.45) is 1.32. The molecule has 12 nitrogen and oxygen atoms in total. The maximum absolute atomic E-state index is 13.5. The fourth-order valence-electron chi connectivity index (χ4n) is 4.26. The summed E-state index contributed by atoms with van der Waals surface area (Å²) in [6, 6.07) is 8.82. The minimum atomic E-state index is -0.271. The van der Waals surface area contributed by atoms with Gasteiger partial charge in [0.15, 0.2) is 28.2 Å². The largest absolute Gasteiger partial charge is 0.454 e. The van der Waals surface area contributed by atoms with Crippen LogP contribution in [0.2, 0.25) is 0 Å². The van der Waals surface area contributed by atoms with E-state index in [1.807, 2.05) is 18.2 Å². The number of aromatic nitrogens is 2. The maximum atomic E-state index is 13.5. The molecular weight excluding hydrogens is 540 g/mol. The molecule has 0 radical (unpaired) electrons. The standard InChI is InChI=1S/C27H30N4O8S/c1-35-9-3-7-28-25(33)14-40-27-30-19-12-23-22(38-16-39-23)11-18(19)26(34)31(27)8-2-4-24(32)29-13-17-5-6-20-21(10-17)37-15-36-20/h5-6,10-12H,2-4,7-9,13-16H2,1H3,(H,28,33)(H,29,32). The van der Waals surface area contributed by atoms with Crippen LogP contribution in [0.4, 0.5) is 0 Å². The number of carbonyl (C=O) groups excluding carboxylic acids is 2. The Hall–Kier alpha value is -3.97. The first kappa shape index (κ1) is 27.6. The van der Waals surface area contributed by atoms with Gasteiger partial charge >= 0.3 is 0 Å². The Bertz CT molecular complexity index is 1460. The molecule has 0 fully saturated rings. The van der Waals surface area contributed by atoms with E-state index in [0.29, 0.717) is 71.6 Å². The Morgan fingerprint density at radius 3 is 2.52 bits per heavy atom. The quantitative estimate of drug-likeness (QED) is 0.179. The molecule has 3 heterocycles. The zero-order valence-electron chi connectivity index (χ0n) is 22.0. The van der Waals surface area contributed by atoms with Gasteiger partial charge in [0.05, 0.1) is 16.7 Å². The molecule has 1 aromatic heterocycles. The van der Waals surface area contributed by atoms with Gasteiger partial charge in [0.1, 0.15) is 0 Å². The van der Waals surface area contributed by atoms with E-state index in [0.717, 1.165) is 5.56 Å². The molecule has 2 aromatic carbocycles. The third-order valence-electron chi connectivity index (χ3n) is 6.31. The number of ether oxygens (including phenoxy) is 5. The van der Waals surface area contributed by atoms with E-state index in [2.05, 4.69) is 15.6 Å². The summed E-state index contributed by atoms with van der Waals surface area (Å²) in [5.74, 6) is 2.12. The Labute approximate surface area is 234 Å². The normalized spacial score (nSPS) is 13.0. The van der Waals surface area contributed by atoms with Crippen LogP contribution in [0.25, 0.3) is 10.9 Å². The summed E-state index contributed by atoms with van der Waals surface area (Å²) >= 11 is 1.17. The first-order valence-electron chi connectivity index (χ1n) is 12.9. The molecule has 2 aliphatic heterocycles. The van der Waals surface area contributed by atoms with Crippen molar-refractivity contribution >= 4 is 34.5 Å². The lowest BCUT2D eigenvalue weighted by Gasteiger charge is -2.14. The Morgan fingerprint density at radius 2 is 1.73 bits per heavy atom. The molecule has 0 saturated heterocycles. The predicted octanol–water partition coefficient (Wildman–Crippen LogP) is 2.20. The van der Waals surface area contributed by atoms with Gasteiger partial charge in [0, 0.05) is 45.8 Å². The molecule has 2 amide bonds. The molecular formula is C27H30N4O8S. The topological polar surface area (TPSA) is 139 Å². The number of amides is 2. The fraction of sp³-hybridized carbons (Fsp3) is 0.407. The highest BCUT2D eigenvalue weighted by molar-refractivity contribution is 7.99. The van der Waals surface area contributed by atoms with E-state index in [1.54, 1.807) is 19.2 Å². The molecule has 0 atom stereocenters. The summed E-state index contributed by atoms with van der Waals surface area (Å²) < 4.78 is 28.1. The number of hydrogen-bond donors (Lipinski definition) is 2. The molecule has 0 aliphatic carbocycles. The number of nitrogens with one attached hydrogen (secondary N) is 2. The van der Waals surface area contributed by atoms with Crippen LogP contribution in [0, 0.1) is 0 Å². The molecule has 13 heteroatoms. The summed E-state index contributed by atoms with van der Waals surface area (Å²) in [5.41, 5.74) is 1.08. The highest BCUT2D eigenvalue weighted by Gasteiger charge is 2.20. The zero-order chi connectivity index (χ0) is 27.9. The van der Waals surface area contributed by atoms with E-state index >= 15 is 0 Å². The average Bonchev–Trinajstić information content (AvgIpc) is 3.62. The van der Waals surface area contributed by atoms with Gasteiger partial charge in [0.25, 0.3) is 5.56 Å². The second-order valence-electron chi connectivity index (χ2n) is 9.13. The van der Waals surface area contributed by atoms with Gasteiger partial charge in [0.2, 0.25) is 25.4 Å². The number of carbonyl (C=O) groups is 2. The Kier molecular flexibility index (Phi) is 8.91. The lowest BCUT2D eigenvalue weighted by Crippen LogP contribution is -2.28. The van der Waals surface area contributed by atoms with Gasteiger partial charge in [-0.05, 0) is 36.6 Å². The third kappa shape index (κ3) is 6.59. The highest BCUT2D eigenvalue weighted by Crippen LogP contribution is 2.35. The second-order valence-corrected chi connectivity index (χ2v) is 10.1. The molecule has 40 heavy (non-hydrogen) atoms. The van der Waals surface area contributed by atoms with Crippen molar-refractivity contribution in [2.24, 2.45) is 0 Å². The van der Waals surface area contributed by atoms with Crippen LogP contribution in [0.3, 0.4) is 0 Å². The van der Waals surface area contributed by atoms with Crippen molar-refractivity contribution < 1.29 is 33.3 Å². The monoisotopic (exact) mass is 570 g/mol. The van der Waals surface area contributed by atoms with Crippen molar-refractivity contribution in [1.29, 1.82) is 0 Å². The van der Waals surface area contributed by atoms with Crippen molar-refractivity contribution in [3.63, 3.8) is 0 Å².